The van der Waals surface area contributed by atoms with Crippen LogP contribution >= 0.6 is 0 Å². The van der Waals surface area contributed by atoms with Crippen molar-refractivity contribution in [3.05, 3.63) is 47.1 Å². The van der Waals surface area contributed by atoms with E-state index in [1.165, 1.54) is 6.07 Å². The minimum Gasteiger partial charge on any atom is -0.323 e. The summed E-state index contributed by atoms with van der Waals surface area (Å²) in [4.78, 5) is 24.7. The summed E-state index contributed by atoms with van der Waals surface area (Å²) < 4.78 is 3.32. The monoisotopic (exact) mass is 315 g/mol. The second-order valence-electron chi connectivity index (χ2n) is 5.73. The molecule has 1 fully saturated rings. The molecular formula is C16H21N5O2. The first-order valence-electron chi connectivity index (χ1n) is 7.88. The molecule has 0 atom stereocenters. The molecule has 3 heterocycles. The van der Waals surface area contributed by atoms with Crippen molar-refractivity contribution >= 4 is 11.6 Å². The van der Waals surface area contributed by atoms with Gasteiger partial charge in [0.05, 0.1) is 5.69 Å². The van der Waals surface area contributed by atoms with Crippen LogP contribution in [0.15, 0.2) is 41.6 Å². The van der Waals surface area contributed by atoms with E-state index in [-0.39, 0.29) is 11.5 Å². The van der Waals surface area contributed by atoms with E-state index in [4.69, 9.17) is 0 Å². The van der Waals surface area contributed by atoms with E-state index in [0.29, 0.717) is 25.1 Å². The van der Waals surface area contributed by atoms with Gasteiger partial charge in [-0.25, -0.2) is 0 Å². The van der Waals surface area contributed by atoms with Gasteiger partial charge in [-0.05, 0) is 45.0 Å². The van der Waals surface area contributed by atoms with Gasteiger partial charge in [0.2, 0.25) is 0 Å². The van der Waals surface area contributed by atoms with Gasteiger partial charge in [0, 0.05) is 31.2 Å². The minimum absolute atomic E-state index is 0.0749. The lowest BCUT2D eigenvalue weighted by Crippen LogP contribution is -2.52. The number of carbonyl (C=O) groups is 1. The number of hydrogen-bond donors (Lipinski definition) is 2. The fourth-order valence-corrected chi connectivity index (χ4v) is 3.02. The summed E-state index contributed by atoms with van der Waals surface area (Å²) >= 11 is 0. The molecule has 2 aromatic rings. The van der Waals surface area contributed by atoms with E-state index < -0.39 is 5.54 Å². The standard InChI is InChI=1S/C16H21N5O2/c1-2-20-12-13(4-5-14(20)22)19-15(23)16(6-9-17-10-7-16)21-11-3-8-18-21/h3-5,8,11-12,17H,2,6-7,9-10H2,1H3,(H,19,23). The average molecular weight is 315 g/mol. The molecule has 122 valence electrons. The van der Waals surface area contributed by atoms with Gasteiger partial charge >= 0.3 is 0 Å². The number of nitrogens with one attached hydrogen (secondary N) is 2. The highest BCUT2D eigenvalue weighted by atomic mass is 16.2. The third-order valence-electron chi connectivity index (χ3n) is 4.38. The third kappa shape index (κ3) is 2.92. The third-order valence-corrected chi connectivity index (χ3v) is 4.38. The lowest BCUT2D eigenvalue weighted by atomic mass is 9.87. The Balaban J connectivity index is 1.89. The number of rotatable bonds is 4. The Morgan fingerprint density at radius 2 is 2.17 bits per heavy atom. The highest BCUT2D eigenvalue weighted by molar-refractivity contribution is 5.96. The van der Waals surface area contributed by atoms with Crippen molar-refractivity contribution in [3.8, 4) is 0 Å². The molecule has 1 saturated heterocycles. The predicted molar refractivity (Wildman–Crippen MR) is 87.3 cm³/mol. The zero-order valence-electron chi connectivity index (χ0n) is 13.2. The van der Waals surface area contributed by atoms with Crippen molar-refractivity contribution < 1.29 is 4.79 Å². The summed E-state index contributed by atoms with van der Waals surface area (Å²) in [5.41, 5.74) is -0.141. The molecule has 1 aliphatic rings. The number of hydrogen-bond acceptors (Lipinski definition) is 4. The number of pyridine rings is 1. The predicted octanol–water partition coefficient (Wildman–Crippen LogP) is 0.782. The lowest BCUT2D eigenvalue weighted by Gasteiger charge is -2.36. The summed E-state index contributed by atoms with van der Waals surface area (Å²) in [6, 6.07) is 4.95. The van der Waals surface area contributed by atoms with Crippen molar-refractivity contribution in [3.63, 3.8) is 0 Å². The molecule has 0 radical (unpaired) electrons. The van der Waals surface area contributed by atoms with Crippen LogP contribution in [-0.2, 0) is 16.9 Å². The van der Waals surface area contributed by atoms with Gasteiger partial charge in [-0.1, -0.05) is 0 Å². The first-order chi connectivity index (χ1) is 11.2. The SMILES string of the molecule is CCn1cc(NC(=O)C2(n3cccn3)CCNCC2)ccc1=O. The molecule has 0 unspecified atom stereocenters. The van der Waals surface area contributed by atoms with Crippen LogP contribution in [0.2, 0.25) is 0 Å². The fraction of sp³-hybridized carbons (Fsp3) is 0.438. The maximum atomic E-state index is 13.0. The van der Waals surface area contributed by atoms with Crippen LogP contribution in [0.5, 0.6) is 0 Å². The zero-order chi connectivity index (χ0) is 16.3. The Kier molecular flexibility index (Phi) is 4.29. The zero-order valence-corrected chi connectivity index (χ0v) is 13.2. The van der Waals surface area contributed by atoms with Crippen LogP contribution in [-0.4, -0.2) is 33.3 Å². The topological polar surface area (TPSA) is 81.0 Å². The van der Waals surface area contributed by atoms with E-state index in [2.05, 4.69) is 15.7 Å². The molecule has 23 heavy (non-hydrogen) atoms. The van der Waals surface area contributed by atoms with E-state index in [9.17, 15) is 9.59 Å². The Hall–Kier alpha value is -2.41. The van der Waals surface area contributed by atoms with Crippen LogP contribution in [0.1, 0.15) is 19.8 Å². The van der Waals surface area contributed by atoms with Crippen molar-refractivity contribution in [1.82, 2.24) is 19.7 Å². The molecule has 2 aromatic heterocycles. The normalized spacial score (nSPS) is 16.9. The van der Waals surface area contributed by atoms with Crippen LogP contribution < -0.4 is 16.2 Å². The molecule has 2 N–H and O–H groups in total. The van der Waals surface area contributed by atoms with Crippen LogP contribution in [0.4, 0.5) is 5.69 Å². The number of anilines is 1. The van der Waals surface area contributed by atoms with E-state index in [0.717, 1.165) is 13.1 Å². The Morgan fingerprint density at radius 1 is 1.39 bits per heavy atom. The second kappa shape index (κ2) is 6.37. The average Bonchev–Trinajstić information content (AvgIpc) is 3.12. The summed E-state index contributed by atoms with van der Waals surface area (Å²) in [5, 5.41) is 10.5. The van der Waals surface area contributed by atoms with Gasteiger partial charge in [0.25, 0.3) is 11.5 Å². The number of nitrogens with zero attached hydrogens (tertiary/aromatic N) is 3. The molecule has 0 aromatic carbocycles. The number of amides is 1. The summed E-state index contributed by atoms with van der Waals surface area (Å²) in [7, 11) is 0. The first kappa shape index (κ1) is 15.5. The van der Waals surface area contributed by atoms with Crippen LogP contribution in [0.25, 0.3) is 0 Å². The molecule has 0 spiro atoms. The largest absolute Gasteiger partial charge is 0.323 e. The molecular weight excluding hydrogens is 294 g/mol. The van der Waals surface area contributed by atoms with Crippen molar-refractivity contribution in [2.24, 2.45) is 0 Å². The Bertz CT molecular complexity index is 729. The molecule has 0 aliphatic carbocycles. The van der Waals surface area contributed by atoms with Gasteiger partial charge in [0.1, 0.15) is 5.54 Å². The molecule has 1 aliphatic heterocycles. The summed E-state index contributed by atoms with van der Waals surface area (Å²) in [5.74, 6) is -0.0935. The smallest absolute Gasteiger partial charge is 0.252 e. The lowest BCUT2D eigenvalue weighted by molar-refractivity contribution is -0.126. The molecule has 3 rings (SSSR count). The summed E-state index contributed by atoms with van der Waals surface area (Å²) in [6.07, 6.45) is 6.55. The summed E-state index contributed by atoms with van der Waals surface area (Å²) in [6.45, 7) is 3.99. The number of aryl methyl sites for hydroxylation is 1. The fourth-order valence-electron chi connectivity index (χ4n) is 3.02. The highest BCUT2D eigenvalue weighted by Gasteiger charge is 2.42. The van der Waals surface area contributed by atoms with Crippen molar-refractivity contribution in [1.29, 1.82) is 0 Å². The number of aromatic nitrogens is 3. The van der Waals surface area contributed by atoms with Gasteiger partial charge in [-0.15, -0.1) is 0 Å². The Morgan fingerprint density at radius 3 is 2.83 bits per heavy atom. The van der Waals surface area contributed by atoms with Gasteiger partial charge in [-0.2, -0.15) is 5.10 Å². The van der Waals surface area contributed by atoms with E-state index in [1.807, 2.05) is 19.2 Å². The molecule has 1 amide bonds. The quantitative estimate of drug-likeness (QED) is 0.874. The number of carbonyl (C=O) groups excluding carboxylic acids is 1. The number of piperidine rings is 1. The van der Waals surface area contributed by atoms with Gasteiger partial charge in [-0.3, -0.25) is 14.3 Å². The molecule has 0 bridgehead atoms. The van der Waals surface area contributed by atoms with Crippen molar-refractivity contribution in [2.75, 3.05) is 18.4 Å². The first-order valence-corrected chi connectivity index (χ1v) is 7.88. The maximum Gasteiger partial charge on any atom is 0.252 e. The second-order valence-corrected chi connectivity index (χ2v) is 5.73. The molecule has 7 heteroatoms. The maximum absolute atomic E-state index is 13.0. The minimum atomic E-state index is -0.693. The van der Waals surface area contributed by atoms with Gasteiger partial charge < -0.3 is 15.2 Å². The van der Waals surface area contributed by atoms with Crippen LogP contribution in [0, 0.1) is 0 Å². The highest BCUT2D eigenvalue weighted by Crippen LogP contribution is 2.28. The van der Waals surface area contributed by atoms with Crippen molar-refractivity contribution in [2.45, 2.75) is 31.8 Å². The molecule has 7 nitrogen and oxygen atoms in total. The Labute approximate surface area is 134 Å². The molecule has 0 saturated carbocycles. The van der Waals surface area contributed by atoms with E-state index in [1.54, 1.807) is 27.7 Å². The van der Waals surface area contributed by atoms with Crippen LogP contribution in [0.3, 0.4) is 0 Å². The van der Waals surface area contributed by atoms with E-state index >= 15 is 0 Å². The van der Waals surface area contributed by atoms with Gasteiger partial charge in [0.15, 0.2) is 0 Å².